The molecule has 0 unspecified atom stereocenters. The minimum Gasteiger partial charge on any atom is -0.494 e. The van der Waals surface area contributed by atoms with Crippen molar-refractivity contribution in [2.45, 2.75) is 33.7 Å². The minimum atomic E-state index is -0.648. The molecule has 1 heterocycles. The standard InChI is InChI=1S/C23H25N3O3/c1-5-29-20-13-11-18(12-14-20)15(2)24-23(28)22(27)21-16(3)25-26(17(21)4)19-9-7-6-8-10-19/h6-15H,5H2,1-4H3,(H,24,28)/t15-/m0/s1. The molecule has 29 heavy (non-hydrogen) atoms. The number of carbonyl (C=O) groups excluding carboxylic acids is 2. The van der Waals surface area contributed by atoms with Gasteiger partial charge >= 0.3 is 0 Å². The third-order valence-corrected chi connectivity index (χ3v) is 4.76. The van der Waals surface area contributed by atoms with Crippen molar-refractivity contribution in [3.05, 3.63) is 77.1 Å². The molecule has 2 aromatic carbocycles. The van der Waals surface area contributed by atoms with Gasteiger partial charge < -0.3 is 10.1 Å². The lowest BCUT2D eigenvalue weighted by molar-refractivity contribution is -0.117. The number of nitrogens with zero attached hydrogens (tertiary/aromatic N) is 2. The molecule has 1 aromatic heterocycles. The summed E-state index contributed by atoms with van der Waals surface area (Å²) in [7, 11) is 0. The van der Waals surface area contributed by atoms with Crippen molar-refractivity contribution < 1.29 is 14.3 Å². The first-order valence-electron chi connectivity index (χ1n) is 9.62. The first-order chi connectivity index (χ1) is 13.9. The lowest BCUT2D eigenvalue weighted by atomic mass is 10.1. The van der Waals surface area contributed by atoms with Gasteiger partial charge in [0.05, 0.1) is 35.3 Å². The average molecular weight is 391 g/mol. The number of nitrogens with one attached hydrogen (secondary N) is 1. The number of aryl methyl sites for hydroxylation is 1. The van der Waals surface area contributed by atoms with E-state index in [-0.39, 0.29) is 6.04 Å². The lowest BCUT2D eigenvalue weighted by Gasteiger charge is -2.14. The number of ketones is 1. The molecule has 3 aromatic rings. The first-order valence-corrected chi connectivity index (χ1v) is 9.62. The Morgan fingerprint density at radius 1 is 1.07 bits per heavy atom. The van der Waals surface area contributed by atoms with Gasteiger partial charge in [-0.2, -0.15) is 5.10 Å². The van der Waals surface area contributed by atoms with Gasteiger partial charge in [-0.25, -0.2) is 4.68 Å². The third-order valence-electron chi connectivity index (χ3n) is 4.76. The summed E-state index contributed by atoms with van der Waals surface area (Å²) in [6, 6.07) is 16.7. The Bertz CT molecular complexity index is 1010. The van der Waals surface area contributed by atoms with Gasteiger partial charge in [0, 0.05) is 0 Å². The first kappa shape index (κ1) is 20.3. The SMILES string of the molecule is CCOc1ccc([C@H](C)NC(=O)C(=O)c2c(C)nn(-c3ccccc3)c2C)cc1. The summed E-state index contributed by atoms with van der Waals surface area (Å²) in [5.74, 6) is -0.462. The van der Waals surface area contributed by atoms with E-state index in [1.165, 1.54) is 0 Å². The summed E-state index contributed by atoms with van der Waals surface area (Å²) in [5, 5.41) is 7.23. The molecule has 0 spiro atoms. The van der Waals surface area contributed by atoms with Crippen LogP contribution >= 0.6 is 0 Å². The fourth-order valence-electron chi connectivity index (χ4n) is 3.27. The number of amides is 1. The Kier molecular flexibility index (Phi) is 6.12. The second kappa shape index (κ2) is 8.73. The lowest BCUT2D eigenvalue weighted by Crippen LogP contribution is -2.33. The maximum absolute atomic E-state index is 12.9. The molecule has 0 fully saturated rings. The fourth-order valence-corrected chi connectivity index (χ4v) is 3.27. The van der Waals surface area contributed by atoms with Crippen molar-refractivity contribution >= 4 is 11.7 Å². The van der Waals surface area contributed by atoms with Crippen molar-refractivity contribution in [1.82, 2.24) is 15.1 Å². The van der Waals surface area contributed by atoms with Gasteiger partial charge in [-0.3, -0.25) is 9.59 Å². The predicted octanol–water partition coefficient (Wildman–Crippen LogP) is 3.95. The van der Waals surface area contributed by atoms with Crippen LogP contribution in [-0.2, 0) is 4.79 Å². The quantitative estimate of drug-likeness (QED) is 0.489. The van der Waals surface area contributed by atoms with E-state index in [0.29, 0.717) is 23.6 Å². The molecule has 0 aliphatic rings. The van der Waals surface area contributed by atoms with Crippen LogP contribution in [0, 0.1) is 13.8 Å². The average Bonchev–Trinajstić information content (AvgIpc) is 3.02. The van der Waals surface area contributed by atoms with E-state index < -0.39 is 11.7 Å². The number of carbonyl (C=O) groups is 2. The minimum absolute atomic E-state index is 0.313. The Labute approximate surface area is 170 Å². The van der Waals surface area contributed by atoms with Crippen LogP contribution in [-0.4, -0.2) is 28.1 Å². The zero-order valence-electron chi connectivity index (χ0n) is 17.1. The molecule has 150 valence electrons. The van der Waals surface area contributed by atoms with E-state index in [0.717, 1.165) is 17.0 Å². The molecule has 0 aliphatic heterocycles. The Morgan fingerprint density at radius 2 is 1.72 bits per heavy atom. The van der Waals surface area contributed by atoms with Crippen LogP contribution < -0.4 is 10.1 Å². The van der Waals surface area contributed by atoms with Crippen LogP contribution in [0.4, 0.5) is 0 Å². The van der Waals surface area contributed by atoms with Crippen LogP contribution in [0.5, 0.6) is 5.75 Å². The van der Waals surface area contributed by atoms with Crippen LogP contribution in [0.2, 0.25) is 0 Å². The van der Waals surface area contributed by atoms with Gasteiger partial charge in [-0.05, 0) is 57.5 Å². The van der Waals surface area contributed by atoms with Crippen LogP contribution in [0.15, 0.2) is 54.6 Å². The predicted molar refractivity (Wildman–Crippen MR) is 112 cm³/mol. The third kappa shape index (κ3) is 4.37. The van der Waals surface area contributed by atoms with E-state index in [9.17, 15) is 9.59 Å². The molecule has 0 saturated heterocycles. The molecular weight excluding hydrogens is 366 g/mol. The van der Waals surface area contributed by atoms with Crippen LogP contribution in [0.3, 0.4) is 0 Å². The van der Waals surface area contributed by atoms with E-state index in [4.69, 9.17) is 4.74 Å². The summed E-state index contributed by atoms with van der Waals surface area (Å²) in [5.41, 5.74) is 3.24. The number of hydrogen-bond acceptors (Lipinski definition) is 4. The number of para-hydroxylation sites is 1. The maximum atomic E-state index is 12.9. The highest BCUT2D eigenvalue weighted by molar-refractivity contribution is 6.43. The Balaban J connectivity index is 1.76. The summed E-state index contributed by atoms with van der Waals surface area (Å²) in [6.45, 7) is 7.89. The smallest absolute Gasteiger partial charge is 0.293 e. The normalized spacial score (nSPS) is 11.7. The molecule has 6 nitrogen and oxygen atoms in total. The molecule has 0 aliphatic carbocycles. The molecule has 1 N–H and O–H groups in total. The zero-order chi connectivity index (χ0) is 21.0. The second-order valence-electron chi connectivity index (χ2n) is 6.82. The van der Waals surface area contributed by atoms with Gasteiger partial charge in [0.2, 0.25) is 0 Å². The second-order valence-corrected chi connectivity index (χ2v) is 6.82. The summed E-state index contributed by atoms with van der Waals surface area (Å²) >= 11 is 0. The molecular formula is C23H25N3O3. The molecule has 0 bridgehead atoms. The van der Waals surface area contributed by atoms with E-state index >= 15 is 0 Å². The monoisotopic (exact) mass is 391 g/mol. The summed E-state index contributed by atoms with van der Waals surface area (Å²) < 4.78 is 7.12. The summed E-state index contributed by atoms with van der Waals surface area (Å²) in [4.78, 5) is 25.5. The van der Waals surface area contributed by atoms with Gasteiger partial charge in [-0.1, -0.05) is 30.3 Å². The van der Waals surface area contributed by atoms with Gasteiger partial charge in [0.25, 0.3) is 11.7 Å². The topological polar surface area (TPSA) is 73.2 Å². The number of ether oxygens (including phenoxy) is 1. The zero-order valence-corrected chi connectivity index (χ0v) is 17.1. The molecule has 0 saturated carbocycles. The number of aromatic nitrogens is 2. The van der Waals surface area contributed by atoms with E-state index in [2.05, 4.69) is 10.4 Å². The summed E-state index contributed by atoms with van der Waals surface area (Å²) in [6.07, 6.45) is 0. The highest BCUT2D eigenvalue weighted by Gasteiger charge is 2.26. The highest BCUT2D eigenvalue weighted by atomic mass is 16.5. The Hall–Kier alpha value is -3.41. The fraction of sp³-hybridized carbons (Fsp3) is 0.261. The van der Waals surface area contributed by atoms with Crippen molar-refractivity contribution in [3.63, 3.8) is 0 Å². The number of benzene rings is 2. The van der Waals surface area contributed by atoms with Crippen LogP contribution in [0.1, 0.15) is 47.2 Å². The van der Waals surface area contributed by atoms with Gasteiger partial charge in [0.15, 0.2) is 0 Å². The van der Waals surface area contributed by atoms with Crippen molar-refractivity contribution in [2.24, 2.45) is 0 Å². The van der Waals surface area contributed by atoms with Crippen molar-refractivity contribution in [2.75, 3.05) is 6.61 Å². The molecule has 0 radical (unpaired) electrons. The Morgan fingerprint density at radius 3 is 2.34 bits per heavy atom. The van der Waals surface area contributed by atoms with E-state index in [1.807, 2.05) is 68.4 Å². The number of hydrogen-bond donors (Lipinski definition) is 1. The van der Waals surface area contributed by atoms with Gasteiger partial charge in [-0.15, -0.1) is 0 Å². The molecule has 1 atom stereocenters. The largest absolute Gasteiger partial charge is 0.494 e. The van der Waals surface area contributed by atoms with Crippen LogP contribution in [0.25, 0.3) is 5.69 Å². The molecule has 3 rings (SSSR count). The number of rotatable bonds is 7. The van der Waals surface area contributed by atoms with Gasteiger partial charge in [0.1, 0.15) is 5.75 Å². The van der Waals surface area contributed by atoms with E-state index in [1.54, 1.807) is 18.5 Å². The maximum Gasteiger partial charge on any atom is 0.293 e. The van der Waals surface area contributed by atoms with Crippen molar-refractivity contribution in [1.29, 1.82) is 0 Å². The number of Topliss-reactive ketones (excluding diaryl/α,β-unsaturated/α-hetero) is 1. The molecule has 1 amide bonds. The van der Waals surface area contributed by atoms with Crippen molar-refractivity contribution in [3.8, 4) is 11.4 Å². The highest BCUT2D eigenvalue weighted by Crippen LogP contribution is 2.20. The molecule has 6 heteroatoms.